The largest absolute Gasteiger partial charge is 0.360 e. The summed E-state index contributed by atoms with van der Waals surface area (Å²) in [6, 6.07) is 0. The van der Waals surface area contributed by atoms with Crippen LogP contribution in [0.25, 0.3) is 0 Å². The number of rotatable bonds is 3. The van der Waals surface area contributed by atoms with Gasteiger partial charge < -0.3 is 9.64 Å². The Kier molecular flexibility index (Phi) is 5.50. The molecule has 0 saturated heterocycles. The van der Waals surface area contributed by atoms with Crippen LogP contribution in [0.2, 0.25) is 0 Å². The summed E-state index contributed by atoms with van der Waals surface area (Å²) < 4.78 is 5.80. The summed E-state index contributed by atoms with van der Waals surface area (Å²) in [5.74, 6) is 0. The van der Waals surface area contributed by atoms with E-state index in [0.29, 0.717) is 0 Å². The molecule has 0 aromatic heterocycles. The standard InChI is InChI=1S/C7H15BrN2O/c1-5-10(3)7(8)9-6(2)11-4/h6H,5H2,1-4H3/b9-7-. The van der Waals surface area contributed by atoms with Crippen molar-refractivity contribution in [1.29, 1.82) is 0 Å². The van der Waals surface area contributed by atoms with Crippen molar-refractivity contribution in [3.05, 3.63) is 0 Å². The molecule has 0 aliphatic rings. The molecule has 0 rings (SSSR count). The maximum Gasteiger partial charge on any atom is 0.170 e. The maximum atomic E-state index is 4.97. The fourth-order valence-electron chi connectivity index (χ4n) is 0.432. The Morgan fingerprint density at radius 2 is 2.27 bits per heavy atom. The number of methoxy groups -OCH3 is 1. The average Bonchev–Trinajstić information content (AvgIpc) is 2.02. The van der Waals surface area contributed by atoms with Gasteiger partial charge in [-0.3, -0.25) is 0 Å². The molecule has 11 heavy (non-hydrogen) atoms. The van der Waals surface area contributed by atoms with Crippen LogP contribution < -0.4 is 0 Å². The third-order valence-electron chi connectivity index (χ3n) is 1.42. The van der Waals surface area contributed by atoms with Gasteiger partial charge in [-0.2, -0.15) is 0 Å². The van der Waals surface area contributed by atoms with Crippen LogP contribution in [-0.4, -0.2) is 36.6 Å². The van der Waals surface area contributed by atoms with Gasteiger partial charge in [0.2, 0.25) is 0 Å². The Hall–Kier alpha value is -0.0900. The van der Waals surface area contributed by atoms with Crippen molar-refractivity contribution in [3.63, 3.8) is 0 Å². The number of nitrogens with zero attached hydrogens (tertiary/aromatic N) is 2. The summed E-state index contributed by atoms with van der Waals surface area (Å²) in [5.41, 5.74) is 0. The number of amidine groups is 1. The second-order valence-corrected chi connectivity index (χ2v) is 2.96. The quantitative estimate of drug-likeness (QED) is 0.413. The van der Waals surface area contributed by atoms with E-state index in [-0.39, 0.29) is 6.23 Å². The number of ether oxygens (including phenoxy) is 1. The van der Waals surface area contributed by atoms with Crippen LogP contribution >= 0.6 is 15.9 Å². The van der Waals surface area contributed by atoms with E-state index in [9.17, 15) is 0 Å². The van der Waals surface area contributed by atoms with Crippen LogP contribution in [0.1, 0.15) is 13.8 Å². The number of hydrogen-bond acceptors (Lipinski definition) is 2. The van der Waals surface area contributed by atoms with Crippen LogP contribution in [-0.2, 0) is 4.74 Å². The lowest BCUT2D eigenvalue weighted by atomic mass is 10.6. The molecular formula is C7H15BrN2O. The number of aliphatic imine (C=N–C) groups is 1. The second kappa shape index (κ2) is 5.55. The van der Waals surface area contributed by atoms with E-state index in [1.54, 1.807) is 7.11 Å². The summed E-state index contributed by atoms with van der Waals surface area (Å²) in [6.07, 6.45) is -0.0848. The predicted molar refractivity (Wildman–Crippen MR) is 51.1 cm³/mol. The number of halogens is 1. The van der Waals surface area contributed by atoms with Crippen LogP contribution in [0.15, 0.2) is 4.99 Å². The fraction of sp³-hybridized carbons (Fsp3) is 0.857. The molecule has 0 amide bonds. The molecule has 0 aliphatic carbocycles. The topological polar surface area (TPSA) is 24.8 Å². The van der Waals surface area contributed by atoms with Crippen LogP contribution in [0, 0.1) is 0 Å². The average molecular weight is 223 g/mol. The lowest BCUT2D eigenvalue weighted by Gasteiger charge is -2.15. The molecule has 66 valence electrons. The molecule has 0 aliphatic heterocycles. The molecule has 0 aromatic rings. The normalized spacial score (nSPS) is 14.8. The zero-order valence-electron chi connectivity index (χ0n) is 7.47. The number of hydrogen-bond donors (Lipinski definition) is 0. The molecular weight excluding hydrogens is 208 g/mol. The van der Waals surface area contributed by atoms with Crippen LogP contribution in [0.5, 0.6) is 0 Å². The summed E-state index contributed by atoms with van der Waals surface area (Å²) in [5, 5.41) is 0. The zero-order valence-corrected chi connectivity index (χ0v) is 9.05. The van der Waals surface area contributed by atoms with E-state index < -0.39 is 0 Å². The van der Waals surface area contributed by atoms with E-state index in [1.807, 2.05) is 18.9 Å². The highest BCUT2D eigenvalue weighted by atomic mass is 79.9. The Balaban J connectivity index is 3.98. The first-order chi connectivity index (χ1) is 5.11. The monoisotopic (exact) mass is 222 g/mol. The summed E-state index contributed by atoms with van der Waals surface area (Å²) in [4.78, 5) is 6.20. The van der Waals surface area contributed by atoms with Gasteiger partial charge in [0, 0.05) is 20.7 Å². The minimum absolute atomic E-state index is 0.0848. The van der Waals surface area contributed by atoms with Gasteiger partial charge in [0.05, 0.1) is 0 Å². The van der Waals surface area contributed by atoms with Gasteiger partial charge in [0.15, 0.2) is 4.74 Å². The first-order valence-corrected chi connectivity index (χ1v) is 4.38. The van der Waals surface area contributed by atoms with Gasteiger partial charge in [0.1, 0.15) is 6.23 Å². The minimum Gasteiger partial charge on any atom is -0.360 e. The van der Waals surface area contributed by atoms with Crippen LogP contribution in [0.4, 0.5) is 0 Å². The highest BCUT2D eigenvalue weighted by molar-refractivity contribution is 9.18. The van der Waals surface area contributed by atoms with Crippen LogP contribution in [0.3, 0.4) is 0 Å². The van der Waals surface area contributed by atoms with E-state index >= 15 is 0 Å². The second-order valence-electron chi connectivity index (χ2n) is 2.25. The third-order valence-corrected chi connectivity index (χ3v) is 2.23. The molecule has 0 bridgehead atoms. The summed E-state index contributed by atoms with van der Waals surface area (Å²) in [7, 11) is 3.61. The Labute approximate surface area is 76.6 Å². The third kappa shape index (κ3) is 4.37. The first-order valence-electron chi connectivity index (χ1n) is 3.59. The predicted octanol–water partition coefficient (Wildman–Crippen LogP) is 1.68. The van der Waals surface area contributed by atoms with Crippen molar-refractivity contribution in [2.45, 2.75) is 20.1 Å². The Morgan fingerprint density at radius 1 is 1.73 bits per heavy atom. The fourth-order valence-corrected chi connectivity index (χ4v) is 0.971. The van der Waals surface area contributed by atoms with Gasteiger partial charge >= 0.3 is 0 Å². The SMILES string of the molecule is CCN(C)/C(Br)=N\C(C)OC. The van der Waals surface area contributed by atoms with Crippen molar-refractivity contribution >= 4 is 20.7 Å². The molecule has 0 heterocycles. The van der Waals surface area contributed by atoms with E-state index in [1.165, 1.54) is 0 Å². The molecule has 0 N–H and O–H groups in total. The lowest BCUT2D eigenvalue weighted by Crippen LogP contribution is -2.23. The maximum absolute atomic E-state index is 4.97. The van der Waals surface area contributed by atoms with Crippen molar-refractivity contribution in [2.24, 2.45) is 4.99 Å². The molecule has 0 aromatic carbocycles. The van der Waals surface area contributed by atoms with Crippen molar-refractivity contribution in [1.82, 2.24) is 4.90 Å². The Morgan fingerprint density at radius 3 is 2.64 bits per heavy atom. The molecule has 0 fully saturated rings. The van der Waals surface area contributed by atoms with Gasteiger partial charge in [-0.05, 0) is 29.8 Å². The molecule has 0 spiro atoms. The molecule has 1 unspecified atom stereocenters. The highest BCUT2D eigenvalue weighted by Crippen LogP contribution is 2.00. The van der Waals surface area contributed by atoms with Crippen molar-refractivity contribution < 1.29 is 4.74 Å². The van der Waals surface area contributed by atoms with Gasteiger partial charge in [-0.15, -0.1) is 0 Å². The zero-order chi connectivity index (χ0) is 8.85. The smallest absolute Gasteiger partial charge is 0.170 e. The van der Waals surface area contributed by atoms with E-state index in [2.05, 4.69) is 27.8 Å². The van der Waals surface area contributed by atoms with Crippen molar-refractivity contribution in [3.8, 4) is 0 Å². The Bertz CT molecular complexity index is 138. The lowest BCUT2D eigenvalue weighted by molar-refractivity contribution is 0.125. The van der Waals surface area contributed by atoms with E-state index in [0.717, 1.165) is 11.3 Å². The highest BCUT2D eigenvalue weighted by Gasteiger charge is 2.01. The van der Waals surface area contributed by atoms with Gasteiger partial charge in [0.25, 0.3) is 0 Å². The van der Waals surface area contributed by atoms with Gasteiger partial charge in [-0.1, -0.05) is 0 Å². The molecule has 3 nitrogen and oxygen atoms in total. The van der Waals surface area contributed by atoms with Gasteiger partial charge in [-0.25, -0.2) is 4.99 Å². The molecule has 4 heteroatoms. The van der Waals surface area contributed by atoms with E-state index in [4.69, 9.17) is 4.74 Å². The summed E-state index contributed by atoms with van der Waals surface area (Å²) >= 11 is 3.34. The summed E-state index contributed by atoms with van der Waals surface area (Å²) in [6.45, 7) is 4.89. The molecule has 1 atom stereocenters. The molecule has 0 saturated carbocycles. The minimum atomic E-state index is -0.0848. The molecule has 0 radical (unpaired) electrons. The van der Waals surface area contributed by atoms with Crippen molar-refractivity contribution in [2.75, 3.05) is 20.7 Å². The first kappa shape index (κ1) is 10.9.